The smallest absolute Gasteiger partial charge is 0.399 e. The first-order valence-corrected chi connectivity index (χ1v) is 11.8. The second kappa shape index (κ2) is 8.31. The summed E-state index contributed by atoms with van der Waals surface area (Å²) in [6.07, 6.45) is 2.24. The van der Waals surface area contributed by atoms with Crippen LogP contribution in [0.25, 0.3) is 11.0 Å². The number of aromatic nitrogens is 2. The van der Waals surface area contributed by atoms with E-state index >= 15 is 0 Å². The van der Waals surface area contributed by atoms with Crippen molar-refractivity contribution in [2.24, 2.45) is 0 Å². The van der Waals surface area contributed by atoms with Crippen LogP contribution in [0.3, 0.4) is 0 Å². The van der Waals surface area contributed by atoms with Crippen LogP contribution in [0.5, 0.6) is 0 Å². The molecule has 1 saturated heterocycles. The zero-order chi connectivity index (χ0) is 23.2. The molecule has 0 spiro atoms. The molecule has 4 aromatic rings. The molecule has 4 nitrogen and oxygen atoms in total. The van der Waals surface area contributed by atoms with Crippen LogP contribution in [0.4, 0.5) is 4.39 Å². The lowest BCUT2D eigenvalue weighted by Gasteiger charge is -2.32. The summed E-state index contributed by atoms with van der Waals surface area (Å²) < 4.78 is 29.3. The highest BCUT2D eigenvalue weighted by Crippen LogP contribution is 2.37. The molecule has 3 heterocycles. The molecule has 2 aromatic heterocycles. The van der Waals surface area contributed by atoms with Crippen LogP contribution in [-0.4, -0.2) is 27.3 Å². The molecule has 0 saturated carbocycles. The fraction of sp³-hybridized carbons (Fsp3) is 0.269. The maximum Gasteiger partial charge on any atom is 0.495 e. The third-order valence-electron chi connectivity index (χ3n) is 6.54. The first kappa shape index (κ1) is 22.2. The Bertz CT molecular complexity index is 1290. The average Bonchev–Trinajstić information content (AvgIpc) is 3.23. The summed E-state index contributed by atoms with van der Waals surface area (Å²) in [6, 6.07) is 21.1. The molecule has 0 unspecified atom stereocenters. The molecule has 0 amide bonds. The highest BCUT2D eigenvalue weighted by atomic mass is 32.2. The van der Waals surface area contributed by atoms with Gasteiger partial charge in [-0.25, -0.2) is 9.37 Å². The van der Waals surface area contributed by atoms with Crippen molar-refractivity contribution < 1.29 is 13.7 Å². The molecule has 0 radical (unpaired) electrons. The standard InChI is InChI=1S/C26H26BFN2O2S/c1-25(2)26(3,4)32-27(31-25)22-14-15-29-24-21(22)17-19(16-18-10-8-9-13-23(18)28)30(24)33-20-11-6-5-7-12-20/h5-15,17H,16H2,1-4H3. The van der Waals surface area contributed by atoms with Crippen molar-refractivity contribution in [3.05, 3.63) is 90.0 Å². The molecular formula is C26H26BFN2O2S. The normalized spacial score (nSPS) is 17.1. The van der Waals surface area contributed by atoms with Gasteiger partial charge >= 0.3 is 7.12 Å². The molecule has 1 aliphatic rings. The van der Waals surface area contributed by atoms with Crippen molar-refractivity contribution in [1.29, 1.82) is 0 Å². The second-order valence-electron chi connectivity index (χ2n) is 9.33. The van der Waals surface area contributed by atoms with E-state index in [9.17, 15) is 4.39 Å². The van der Waals surface area contributed by atoms with Crippen molar-refractivity contribution in [3.63, 3.8) is 0 Å². The van der Waals surface area contributed by atoms with Crippen LogP contribution in [0.2, 0.25) is 0 Å². The van der Waals surface area contributed by atoms with Gasteiger partial charge < -0.3 is 9.31 Å². The van der Waals surface area contributed by atoms with Gasteiger partial charge in [-0.3, -0.25) is 3.97 Å². The van der Waals surface area contributed by atoms with Gasteiger partial charge in [-0.2, -0.15) is 0 Å². The van der Waals surface area contributed by atoms with E-state index in [1.165, 1.54) is 6.07 Å². The van der Waals surface area contributed by atoms with E-state index in [1.54, 1.807) is 24.2 Å². The van der Waals surface area contributed by atoms with E-state index in [4.69, 9.17) is 14.3 Å². The maximum atomic E-state index is 14.5. The molecule has 5 rings (SSSR count). The molecule has 33 heavy (non-hydrogen) atoms. The molecular weight excluding hydrogens is 434 g/mol. The molecule has 0 atom stereocenters. The average molecular weight is 460 g/mol. The van der Waals surface area contributed by atoms with Gasteiger partial charge in [-0.05, 0) is 81.0 Å². The number of hydrogen-bond donors (Lipinski definition) is 0. The minimum Gasteiger partial charge on any atom is -0.399 e. The van der Waals surface area contributed by atoms with Crippen molar-refractivity contribution in [1.82, 2.24) is 8.96 Å². The summed E-state index contributed by atoms with van der Waals surface area (Å²) in [4.78, 5) is 5.78. The minimum atomic E-state index is -0.501. The maximum absolute atomic E-state index is 14.5. The van der Waals surface area contributed by atoms with Gasteiger partial charge in [0.1, 0.15) is 11.5 Å². The fourth-order valence-electron chi connectivity index (χ4n) is 3.97. The Hall–Kier alpha value is -2.61. The predicted molar refractivity (Wildman–Crippen MR) is 132 cm³/mol. The summed E-state index contributed by atoms with van der Waals surface area (Å²) in [7, 11) is -0.501. The SMILES string of the molecule is CC1(C)OB(c2ccnc3c2cc(Cc2ccccc2F)n3Sc2ccccc2)OC1(C)C. The van der Waals surface area contributed by atoms with Crippen molar-refractivity contribution >= 4 is 35.6 Å². The van der Waals surface area contributed by atoms with Gasteiger partial charge in [0.05, 0.1) is 11.2 Å². The summed E-state index contributed by atoms with van der Waals surface area (Å²) >= 11 is 1.58. The quantitative estimate of drug-likeness (QED) is 0.362. The summed E-state index contributed by atoms with van der Waals surface area (Å²) in [5, 5.41) is 0.950. The van der Waals surface area contributed by atoms with Crippen LogP contribution < -0.4 is 5.46 Å². The van der Waals surface area contributed by atoms with Crippen LogP contribution in [-0.2, 0) is 15.7 Å². The van der Waals surface area contributed by atoms with Crippen LogP contribution in [0.1, 0.15) is 39.0 Å². The monoisotopic (exact) mass is 460 g/mol. The Morgan fingerprint density at radius 1 is 0.939 bits per heavy atom. The number of pyridine rings is 1. The number of fused-ring (bicyclic) bond motifs is 1. The Kier molecular flexibility index (Phi) is 5.59. The fourth-order valence-corrected chi connectivity index (χ4v) is 4.93. The molecule has 168 valence electrons. The van der Waals surface area contributed by atoms with Gasteiger partial charge in [0.25, 0.3) is 0 Å². The second-order valence-corrected chi connectivity index (χ2v) is 10.3. The summed E-state index contributed by atoms with van der Waals surface area (Å²) in [6.45, 7) is 8.19. The molecule has 0 N–H and O–H groups in total. The van der Waals surface area contributed by atoms with E-state index < -0.39 is 18.3 Å². The summed E-state index contributed by atoms with van der Waals surface area (Å²) in [5.41, 5.74) is 2.46. The highest BCUT2D eigenvalue weighted by molar-refractivity contribution is 7.98. The largest absolute Gasteiger partial charge is 0.495 e. The van der Waals surface area contributed by atoms with Crippen molar-refractivity contribution in [3.8, 4) is 0 Å². The van der Waals surface area contributed by atoms with Gasteiger partial charge in [0.15, 0.2) is 0 Å². The number of nitrogens with zero attached hydrogens (tertiary/aromatic N) is 2. The van der Waals surface area contributed by atoms with Crippen molar-refractivity contribution in [2.45, 2.75) is 50.2 Å². The Balaban J connectivity index is 1.63. The molecule has 1 aliphatic heterocycles. The van der Waals surface area contributed by atoms with E-state index in [0.29, 0.717) is 12.0 Å². The topological polar surface area (TPSA) is 36.3 Å². The van der Waals surface area contributed by atoms with Gasteiger partial charge in [0, 0.05) is 28.6 Å². The Morgan fingerprint density at radius 3 is 2.30 bits per heavy atom. The zero-order valence-electron chi connectivity index (χ0n) is 19.2. The molecule has 0 bridgehead atoms. The van der Waals surface area contributed by atoms with Crippen LogP contribution >= 0.6 is 11.9 Å². The zero-order valence-corrected chi connectivity index (χ0v) is 20.0. The first-order valence-electron chi connectivity index (χ1n) is 11.1. The van der Waals surface area contributed by atoms with Crippen LogP contribution in [0, 0.1) is 5.82 Å². The third-order valence-corrected chi connectivity index (χ3v) is 7.62. The van der Waals surface area contributed by atoms with E-state index in [2.05, 4.69) is 22.2 Å². The Morgan fingerprint density at radius 2 is 1.61 bits per heavy atom. The number of hydrogen-bond acceptors (Lipinski definition) is 4. The minimum absolute atomic E-state index is 0.210. The Labute approximate surface area is 198 Å². The van der Waals surface area contributed by atoms with E-state index in [-0.39, 0.29) is 5.82 Å². The van der Waals surface area contributed by atoms with Crippen LogP contribution in [0.15, 0.2) is 77.8 Å². The van der Waals surface area contributed by atoms with Gasteiger partial charge in [0.2, 0.25) is 0 Å². The van der Waals surface area contributed by atoms with Gasteiger partial charge in [-0.1, -0.05) is 36.4 Å². The number of rotatable bonds is 5. The summed E-state index contributed by atoms with van der Waals surface area (Å²) in [5.74, 6) is -0.210. The molecule has 2 aromatic carbocycles. The molecule has 7 heteroatoms. The first-order chi connectivity index (χ1) is 15.7. The van der Waals surface area contributed by atoms with Gasteiger partial charge in [-0.15, -0.1) is 0 Å². The highest BCUT2D eigenvalue weighted by Gasteiger charge is 2.52. The number of halogens is 1. The van der Waals surface area contributed by atoms with E-state index in [0.717, 1.165) is 27.1 Å². The third kappa shape index (κ3) is 4.10. The number of benzene rings is 2. The predicted octanol–water partition coefficient (Wildman–Crippen LogP) is 5.62. The van der Waals surface area contributed by atoms with Crippen molar-refractivity contribution in [2.75, 3.05) is 0 Å². The van der Waals surface area contributed by atoms with E-state index in [1.807, 2.05) is 64.1 Å². The molecule has 1 fully saturated rings. The lowest BCUT2D eigenvalue weighted by Crippen LogP contribution is -2.41. The lowest BCUT2D eigenvalue weighted by atomic mass is 9.78. The molecule has 0 aliphatic carbocycles. The lowest BCUT2D eigenvalue weighted by molar-refractivity contribution is 0.00578.